The SMILES string of the molecule is CC(C)(C)c1ccc(N(c2ccc(C(C)(C)C)cc2)c2cc(Oc3ccc4c(c3)-c3ccc5c(c3C4(C)C)CCC5)cc(N(c3ccc(C(C)(C)C)cc3)c3ccc(C(C)(C)C)cc3)c2)cc1. The standard InChI is InChI=1S/C64H72N2O/c1-60(2,3)43-19-27-47(28-20-43)65(48-29-21-44(22-30-48)61(4,5)6)51-38-52(66(49-31-23-45(24-32-49)62(7,8)9)50-33-25-46(26-34-50)63(10,11)12)40-54(39-51)67-53-35-37-58-57(41-53)56-36-18-42-16-15-17-55(42)59(56)64(58,13)14/h18-41H,15-17H2,1-14H3. The number of ether oxygens (including phenoxy) is 1. The molecule has 3 heteroatoms. The fraction of sp³-hybridized carbons (Fsp3) is 0.344. The van der Waals surface area contributed by atoms with Gasteiger partial charge in [0.15, 0.2) is 0 Å². The number of rotatable bonds is 8. The summed E-state index contributed by atoms with van der Waals surface area (Å²) in [6, 6.07) is 54.8. The van der Waals surface area contributed by atoms with Gasteiger partial charge in [-0.3, -0.25) is 0 Å². The minimum Gasteiger partial charge on any atom is -0.457 e. The highest BCUT2D eigenvalue weighted by Crippen LogP contribution is 2.53. The zero-order valence-corrected chi connectivity index (χ0v) is 42.8. The molecule has 7 aromatic carbocycles. The first-order valence-electron chi connectivity index (χ1n) is 24.6. The van der Waals surface area contributed by atoms with Crippen LogP contribution < -0.4 is 14.5 Å². The Kier molecular flexibility index (Phi) is 11.4. The van der Waals surface area contributed by atoms with E-state index in [9.17, 15) is 0 Å². The van der Waals surface area contributed by atoms with Gasteiger partial charge in [0.1, 0.15) is 11.5 Å². The molecule has 2 aliphatic rings. The molecule has 7 aromatic rings. The van der Waals surface area contributed by atoms with Gasteiger partial charge in [-0.05, 0) is 163 Å². The van der Waals surface area contributed by atoms with Gasteiger partial charge in [0, 0.05) is 40.3 Å². The van der Waals surface area contributed by atoms with Crippen molar-refractivity contribution in [1.29, 1.82) is 0 Å². The van der Waals surface area contributed by atoms with Crippen LogP contribution in [-0.2, 0) is 39.9 Å². The Hall–Kier alpha value is -6.06. The van der Waals surface area contributed by atoms with E-state index >= 15 is 0 Å². The van der Waals surface area contributed by atoms with Gasteiger partial charge in [-0.2, -0.15) is 0 Å². The molecule has 9 rings (SSSR count). The summed E-state index contributed by atoms with van der Waals surface area (Å²) in [6.45, 7) is 32.1. The highest BCUT2D eigenvalue weighted by Gasteiger charge is 2.39. The fourth-order valence-electron chi connectivity index (χ4n) is 10.5. The van der Waals surface area contributed by atoms with Crippen molar-refractivity contribution in [3.8, 4) is 22.6 Å². The van der Waals surface area contributed by atoms with Crippen LogP contribution in [0.4, 0.5) is 34.1 Å². The minimum absolute atomic E-state index is 0.0237. The Morgan fingerprint density at radius 2 is 0.791 bits per heavy atom. The number of anilines is 6. The minimum atomic E-state index is -0.0663. The molecular weight excluding hydrogens is 813 g/mol. The van der Waals surface area contributed by atoms with Crippen LogP contribution in [0.15, 0.2) is 146 Å². The van der Waals surface area contributed by atoms with E-state index in [1.165, 1.54) is 62.9 Å². The molecule has 0 amide bonds. The lowest BCUT2D eigenvalue weighted by molar-refractivity contribution is 0.483. The van der Waals surface area contributed by atoms with E-state index < -0.39 is 0 Å². The monoisotopic (exact) mass is 885 g/mol. The van der Waals surface area contributed by atoms with Gasteiger partial charge in [0.25, 0.3) is 0 Å². The van der Waals surface area contributed by atoms with Crippen molar-refractivity contribution >= 4 is 34.1 Å². The molecule has 0 atom stereocenters. The Balaban J connectivity index is 1.25. The molecule has 0 saturated heterocycles. The van der Waals surface area contributed by atoms with Crippen molar-refractivity contribution in [2.24, 2.45) is 0 Å². The van der Waals surface area contributed by atoms with Crippen molar-refractivity contribution < 1.29 is 4.74 Å². The highest BCUT2D eigenvalue weighted by atomic mass is 16.5. The molecule has 0 saturated carbocycles. The maximum Gasteiger partial charge on any atom is 0.131 e. The van der Waals surface area contributed by atoms with E-state index in [4.69, 9.17) is 4.74 Å². The molecule has 0 aromatic heterocycles. The Bertz CT molecular complexity index is 2670. The van der Waals surface area contributed by atoms with Crippen molar-refractivity contribution in [3.05, 3.63) is 190 Å². The van der Waals surface area contributed by atoms with Crippen LogP contribution in [0.2, 0.25) is 0 Å². The smallest absolute Gasteiger partial charge is 0.131 e. The molecule has 0 spiro atoms. The van der Waals surface area contributed by atoms with Gasteiger partial charge in [0.2, 0.25) is 0 Å². The molecule has 344 valence electrons. The van der Waals surface area contributed by atoms with Crippen LogP contribution in [0.3, 0.4) is 0 Å². The van der Waals surface area contributed by atoms with Crippen molar-refractivity contribution in [3.63, 3.8) is 0 Å². The van der Waals surface area contributed by atoms with E-state index in [2.05, 4.69) is 252 Å². The van der Waals surface area contributed by atoms with Crippen LogP contribution in [0.5, 0.6) is 11.5 Å². The second-order valence-corrected chi connectivity index (χ2v) is 24.0. The molecule has 2 aliphatic carbocycles. The average molecular weight is 885 g/mol. The van der Waals surface area contributed by atoms with Crippen molar-refractivity contribution in [2.45, 2.75) is 143 Å². The van der Waals surface area contributed by atoms with Gasteiger partial charge in [0.05, 0.1) is 11.4 Å². The summed E-state index contributed by atoms with van der Waals surface area (Å²) in [5.74, 6) is 1.60. The second kappa shape index (κ2) is 16.6. The molecule has 0 aliphatic heterocycles. The third-order valence-corrected chi connectivity index (χ3v) is 14.5. The molecule has 0 radical (unpaired) electrons. The lowest BCUT2D eigenvalue weighted by Gasteiger charge is -2.31. The summed E-state index contributed by atoms with van der Waals surface area (Å²) < 4.78 is 7.21. The molecule has 3 nitrogen and oxygen atoms in total. The van der Waals surface area contributed by atoms with Gasteiger partial charge in [-0.25, -0.2) is 0 Å². The zero-order chi connectivity index (χ0) is 47.8. The normalized spacial score (nSPS) is 14.4. The summed E-state index contributed by atoms with van der Waals surface area (Å²) >= 11 is 0. The molecule has 0 bridgehead atoms. The van der Waals surface area contributed by atoms with E-state index in [1.54, 1.807) is 5.56 Å². The fourth-order valence-corrected chi connectivity index (χ4v) is 10.5. The van der Waals surface area contributed by atoms with Gasteiger partial charge in [-0.1, -0.05) is 164 Å². The van der Waals surface area contributed by atoms with E-state index in [0.29, 0.717) is 0 Å². The predicted molar refractivity (Wildman–Crippen MR) is 287 cm³/mol. The number of nitrogens with zero attached hydrogens (tertiary/aromatic N) is 2. The largest absolute Gasteiger partial charge is 0.457 e. The maximum atomic E-state index is 7.21. The molecule has 0 heterocycles. The number of hydrogen-bond acceptors (Lipinski definition) is 3. The van der Waals surface area contributed by atoms with Crippen LogP contribution >= 0.6 is 0 Å². The van der Waals surface area contributed by atoms with Gasteiger partial charge in [-0.15, -0.1) is 0 Å². The van der Waals surface area contributed by atoms with Crippen LogP contribution in [0.25, 0.3) is 11.1 Å². The molecule has 0 unspecified atom stereocenters. The van der Waals surface area contributed by atoms with Gasteiger partial charge >= 0.3 is 0 Å². The van der Waals surface area contributed by atoms with E-state index in [0.717, 1.165) is 52.0 Å². The van der Waals surface area contributed by atoms with Crippen LogP contribution in [-0.4, -0.2) is 0 Å². The van der Waals surface area contributed by atoms with E-state index in [-0.39, 0.29) is 27.1 Å². The third-order valence-electron chi connectivity index (χ3n) is 14.5. The summed E-state index contributed by atoms with van der Waals surface area (Å²) in [6.07, 6.45) is 3.58. The summed E-state index contributed by atoms with van der Waals surface area (Å²) in [4.78, 5) is 4.78. The number of fused-ring (bicyclic) bond motifs is 5. The van der Waals surface area contributed by atoms with Crippen LogP contribution in [0.1, 0.15) is 148 Å². The second-order valence-electron chi connectivity index (χ2n) is 24.0. The third kappa shape index (κ3) is 8.95. The number of hydrogen-bond donors (Lipinski definition) is 0. The summed E-state index contributed by atoms with van der Waals surface area (Å²) in [5, 5.41) is 0. The topological polar surface area (TPSA) is 15.7 Å². The lowest BCUT2D eigenvalue weighted by Crippen LogP contribution is -2.17. The maximum absolute atomic E-state index is 7.21. The van der Waals surface area contributed by atoms with E-state index in [1.807, 2.05) is 0 Å². The quantitative estimate of drug-likeness (QED) is 0.151. The zero-order valence-electron chi connectivity index (χ0n) is 42.8. The first-order chi connectivity index (χ1) is 31.5. The Morgan fingerprint density at radius 3 is 1.18 bits per heavy atom. The summed E-state index contributed by atoms with van der Waals surface area (Å²) in [7, 11) is 0. The first-order valence-corrected chi connectivity index (χ1v) is 24.6. The molecular formula is C64H72N2O. The summed E-state index contributed by atoms with van der Waals surface area (Å²) in [5.41, 5.74) is 20.2. The molecule has 0 N–H and O–H groups in total. The Morgan fingerprint density at radius 1 is 0.388 bits per heavy atom. The van der Waals surface area contributed by atoms with Crippen molar-refractivity contribution in [1.82, 2.24) is 0 Å². The Labute approximate surface area is 402 Å². The first kappa shape index (κ1) is 46.1. The lowest BCUT2D eigenvalue weighted by atomic mass is 9.79. The van der Waals surface area contributed by atoms with Crippen molar-refractivity contribution in [2.75, 3.05) is 9.80 Å². The molecule has 67 heavy (non-hydrogen) atoms. The average Bonchev–Trinajstić information content (AvgIpc) is 3.83. The highest BCUT2D eigenvalue weighted by molar-refractivity contribution is 5.86. The van der Waals surface area contributed by atoms with Gasteiger partial charge < -0.3 is 14.5 Å². The number of benzene rings is 7. The van der Waals surface area contributed by atoms with Crippen LogP contribution in [0, 0.1) is 0 Å². The molecule has 0 fully saturated rings. The predicted octanol–water partition coefficient (Wildman–Crippen LogP) is 18.4. The number of aryl methyl sites for hydroxylation is 1.